The molecule has 0 atom stereocenters. The van der Waals surface area contributed by atoms with Gasteiger partial charge in [-0.25, -0.2) is 0 Å². The lowest BCUT2D eigenvalue weighted by atomic mass is 9.86. The van der Waals surface area contributed by atoms with Crippen molar-refractivity contribution in [3.05, 3.63) is 56.2 Å². The maximum atomic E-state index is 12.4. The summed E-state index contributed by atoms with van der Waals surface area (Å²) in [7, 11) is 1.84. The highest BCUT2D eigenvalue weighted by molar-refractivity contribution is 9.10. The minimum Gasteiger partial charge on any atom is -0.337 e. The van der Waals surface area contributed by atoms with Crippen LogP contribution in [0.5, 0.6) is 0 Å². The average molecular weight is 366 g/mol. The minimum atomic E-state index is 0.0555. The van der Waals surface area contributed by atoms with Crippen LogP contribution < -0.4 is 0 Å². The van der Waals surface area contributed by atoms with Crippen molar-refractivity contribution in [1.29, 1.82) is 0 Å². The summed E-state index contributed by atoms with van der Waals surface area (Å²) in [6, 6.07) is 9.98. The number of benzene rings is 1. The van der Waals surface area contributed by atoms with Crippen molar-refractivity contribution < 1.29 is 4.79 Å². The highest BCUT2D eigenvalue weighted by atomic mass is 79.9. The molecule has 0 aliphatic carbocycles. The molecular formula is C17H20BrNOS. The van der Waals surface area contributed by atoms with Crippen LogP contribution in [-0.2, 0) is 12.0 Å². The van der Waals surface area contributed by atoms with Crippen molar-refractivity contribution in [1.82, 2.24) is 4.90 Å². The van der Waals surface area contributed by atoms with Gasteiger partial charge in [-0.15, -0.1) is 11.3 Å². The van der Waals surface area contributed by atoms with Crippen LogP contribution in [0.25, 0.3) is 0 Å². The lowest BCUT2D eigenvalue weighted by Crippen LogP contribution is -2.25. The predicted molar refractivity (Wildman–Crippen MR) is 93.0 cm³/mol. The van der Waals surface area contributed by atoms with Gasteiger partial charge in [0.25, 0.3) is 5.91 Å². The van der Waals surface area contributed by atoms with Gasteiger partial charge in [-0.05, 0) is 45.1 Å². The third-order valence-electron chi connectivity index (χ3n) is 3.36. The van der Waals surface area contributed by atoms with Gasteiger partial charge in [-0.1, -0.05) is 32.9 Å². The highest BCUT2D eigenvalue weighted by Gasteiger charge is 2.16. The van der Waals surface area contributed by atoms with Gasteiger partial charge in [-0.2, -0.15) is 0 Å². The third kappa shape index (κ3) is 4.17. The molecule has 0 N–H and O–H groups in total. The number of hydrogen-bond acceptors (Lipinski definition) is 2. The van der Waals surface area contributed by atoms with E-state index in [2.05, 4.69) is 42.8 Å². The zero-order valence-electron chi connectivity index (χ0n) is 12.8. The quantitative estimate of drug-likeness (QED) is 0.742. The first kappa shape index (κ1) is 16.2. The largest absolute Gasteiger partial charge is 0.337 e. The SMILES string of the molecule is CN(Cc1cc(Br)cs1)C(=O)c1ccc(C(C)(C)C)cc1. The molecule has 2 rings (SSSR count). The van der Waals surface area contributed by atoms with Gasteiger partial charge in [0.05, 0.1) is 6.54 Å². The first-order chi connectivity index (χ1) is 9.77. The lowest BCUT2D eigenvalue weighted by molar-refractivity contribution is 0.0786. The Morgan fingerprint density at radius 3 is 2.33 bits per heavy atom. The van der Waals surface area contributed by atoms with Crippen LogP contribution in [0.1, 0.15) is 41.6 Å². The molecular weight excluding hydrogens is 346 g/mol. The van der Waals surface area contributed by atoms with Crippen molar-refractivity contribution in [2.75, 3.05) is 7.05 Å². The summed E-state index contributed by atoms with van der Waals surface area (Å²) in [6.07, 6.45) is 0. The van der Waals surface area contributed by atoms with Gasteiger partial charge in [0.1, 0.15) is 0 Å². The molecule has 0 aliphatic heterocycles. The fourth-order valence-electron chi connectivity index (χ4n) is 2.08. The number of amides is 1. The van der Waals surface area contributed by atoms with E-state index in [-0.39, 0.29) is 11.3 Å². The van der Waals surface area contributed by atoms with Gasteiger partial charge < -0.3 is 4.90 Å². The third-order valence-corrected chi connectivity index (χ3v) is 5.04. The maximum Gasteiger partial charge on any atom is 0.253 e. The zero-order valence-corrected chi connectivity index (χ0v) is 15.2. The highest BCUT2D eigenvalue weighted by Crippen LogP contribution is 2.23. The second-order valence-corrected chi connectivity index (χ2v) is 8.13. The molecule has 1 heterocycles. The monoisotopic (exact) mass is 365 g/mol. The number of rotatable bonds is 3. The Morgan fingerprint density at radius 1 is 1.24 bits per heavy atom. The molecule has 1 amide bonds. The number of carbonyl (C=O) groups is 1. The molecule has 0 bridgehead atoms. The number of nitrogens with zero attached hydrogens (tertiary/aromatic N) is 1. The van der Waals surface area contributed by atoms with Crippen molar-refractivity contribution >= 4 is 33.2 Å². The molecule has 21 heavy (non-hydrogen) atoms. The molecule has 0 spiro atoms. The summed E-state index contributed by atoms with van der Waals surface area (Å²) in [5.41, 5.74) is 2.08. The van der Waals surface area contributed by atoms with Gasteiger partial charge in [-0.3, -0.25) is 4.79 Å². The lowest BCUT2D eigenvalue weighted by Gasteiger charge is -2.20. The van der Waals surface area contributed by atoms with Gasteiger partial charge in [0, 0.05) is 27.3 Å². The molecule has 112 valence electrons. The number of carbonyl (C=O) groups excluding carboxylic acids is 1. The molecule has 0 fully saturated rings. The Morgan fingerprint density at radius 2 is 1.86 bits per heavy atom. The van der Waals surface area contributed by atoms with Crippen molar-refractivity contribution in [3.8, 4) is 0 Å². The normalized spacial score (nSPS) is 11.5. The Labute approximate surface area is 138 Å². The topological polar surface area (TPSA) is 20.3 Å². The summed E-state index contributed by atoms with van der Waals surface area (Å²) in [5.74, 6) is 0.0555. The van der Waals surface area contributed by atoms with E-state index in [1.165, 1.54) is 10.4 Å². The van der Waals surface area contributed by atoms with Gasteiger partial charge >= 0.3 is 0 Å². The van der Waals surface area contributed by atoms with Gasteiger partial charge in [0.2, 0.25) is 0 Å². The average Bonchev–Trinajstić information content (AvgIpc) is 2.82. The van der Waals surface area contributed by atoms with Crippen LogP contribution >= 0.6 is 27.3 Å². The molecule has 0 aliphatic rings. The van der Waals surface area contributed by atoms with E-state index < -0.39 is 0 Å². The zero-order chi connectivity index (χ0) is 15.6. The van der Waals surface area contributed by atoms with E-state index in [9.17, 15) is 4.79 Å². The maximum absolute atomic E-state index is 12.4. The molecule has 0 saturated carbocycles. The first-order valence-electron chi connectivity index (χ1n) is 6.86. The van der Waals surface area contributed by atoms with Crippen LogP contribution in [0, 0.1) is 0 Å². The molecule has 0 radical (unpaired) electrons. The Bertz CT molecular complexity index is 625. The number of halogens is 1. The molecule has 2 nitrogen and oxygen atoms in total. The summed E-state index contributed by atoms with van der Waals surface area (Å²) in [6.45, 7) is 7.15. The molecule has 0 saturated heterocycles. The Kier molecular flexibility index (Phi) is 4.89. The molecule has 4 heteroatoms. The second kappa shape index (κ2) is 6.32. The predicted octanol–water partition coefficient (Wildman–Crippen LogP) is 5.08. The minimum absolute atomic E-state index is 0.0555. The number of hydrogen-bond donors (Lipinski definition) is 0. The van der Waals surface area contributed by atoms with E-state index >= 15 is 0 Å². The van der Waals surface area contributed by atoms with Crippen LogP contribution in [0.15, 0.2) is 40.2 Å². The fraction of sp³-hybridized carbons (Fsp3) is 0.353. The van der Waals surface area contributed by atoms with Crippen LogP contribution in [0.3, 0.4) is 0 Å². The summed E-state index contributed by atoms with van der Waals surface area (Å²) >= 11 is 5.09. The molecule has 2 aromatic rings. The smallest absolute Gasteiger partial charge is 0.253 e. The summed E-state index contributed by atoms with van der Waals surface area (Å²) in [5, 5.41) is 2.03. The Hall–Kier alpha value is -1.13. The molecule has 0 unspecified atom stereocenters. The van der Waals surface area contributed by atoms with Crippen molar-refractivity contribution in [2.24, 2.45) is 0 Å². The van der Waals surface area contributed by atoms with E-state index in [4.69, 9.17) is 0 Å². The van der Waals surface area contributed by atoms with E-state index in [0.29, 0.717) is 6.54 Å². The first-order valence-corrected chi connectivity index (χ1v) is 8.53. The van der Waals surface area contributed by atoms with Gasteiger partial charge in [0.15, 0.2) is 0 Å². The van der Waals surface area contributed by atoms with E-state index in [1.807, 2.05) is 36.7 Å². The van der Waals surface area contributed by atoms with E-state index in [0.717, 1.165) is 10.0 Å². The van der Waals surface area contributed by atoms with Crippen LogP contribution in [0.4, 0.5) is 0 Å². The van der Waals surface area contributed by atoms with Crippen molar-refractivity contribution in [2.45, 2.75) is 32.7 Å². The van der Waals surface area contributed by atoms with Crippen molar-refractivity contribution in [3.63, 3.8) is 0 Å². The van der Waals surface area contributed by atoms with E-state index in [1.54, 1.807) is 16.2 Å². The number of thiophene rings is 1. The molecule has 1 aromatic carbocycles. The van der Waals surface area contributed by atoms with Crippen LogP contribution in [-0.4, -0.2) is 17.9 Å². The van der Waals surface area contributed by atoms with Crippen LogP contribution in [0.2, 0.25) is 0 Å². The Balaban J connectivity index is 2.08. The summed E-state index contributed by atoms with van der Waals surface area (Å²) < 4.78 is 1.07. The summed E-state index contributed by atoms with van der Waals surface area (Å²) in [4.78, 5) is 15.4. The second-order valence-electron chi connectivity index (χ2n) is 6.22. The fourth-order valence-corrected chi connectivity index (χ4v) is 3.58. The standard InChI is InChI=1S/C17H20BrNOS/c1-17(2,3)13-7-5-12(6-8-13)16(20)19(4)10-15-9-14(18)11-21-15/h5-9,11H,10H2,1-4H3. The molecule has 1 aromatic heterocycles.